The van der Waals surface area contributed by atoms with E-state index < -0.39 is 0 Å². The fourth-order valence-corrected chi connectivity index (χ4v) is 5.68. The number of rotatable bonds is 5. The molecule has 29 heavy (non-hydrogen) atoms. The summed E-state index contributed by atoms with van der Waals surface area (Å²) >= 11 is 2.94. The van der Waals surface area contributed by atoms with Crippen LogP contribution >= 0.6 is 22.7 Å². The lowest BCUT2D eigenvalue weighted by atomic mass is 9.89. The molecule has 0 radical (unpaired) electrons. The number of hydrogen-bond donors (Lipinski definition) is 1. The first-order chi connectivity index (χ1) is 13.8. The van der Waals surface area contributed by atoms with Gasteiger partial charge in [-0.15, -0.1) is 21.5 Å². The number of fused-ring (bicyclic) bond motifs is 3. The van der Waals surface area contributed by atoms with E-state index in [1.807, 2.05) is 25.9 Å². The smallest absolute Gasteiger partial charge is 0.263 e. The summed E-state index contributed by atoms with van der Waals surface area (Å²) in [6, 6.07) is 0. The first-order valence-corrected chi connectivity index (χ1v) is 11.2. The van der Waals surface area contributed by atoms with Crippen LogP contribution in [0.1, 0.15) is 34.6 Å². The summed E-state index contributed by atoms with van der Waals surface area (Å²) in [7, 11) is 3.85. The quantitative estimate of drug-likeness (QED) is 0.666. The normalized spacial score (nSPS) is 16.4. The van der Waals surface area contributed by atoms with Crippen molar-refractivity contribution < 1.29 is 4.79 Å². The third kappa shape index (κ3) is 4.10. The summed E-state index contributed by atoms with van der Waals surface area (Å²) in [5.74, 6) is 0.921. The Morgan fingerprint density at radius 3 is 2.79 bits per heavy atom. The minimum Gasteiger partial charge on any atom is -0.302 e. The SMILES string of the molecule is Cc1nnc(NC(=O)Cn2c(CN(C)C)nc3sc4c(c3c2=O)CCC(C)C4)s1. The molecule has 1 unspecified atom stereocenters. The van der Waals surface area contributed by atoms with Crippen molar-refractivity contribution in [1.29, 1.82) is 0 Å². The largest absolute Gasteiger partial charge is 0.302 e. The molecule has 0 saturated heterocycles. The van der Waals surface area contributed by atoms with E-state index in [2.05, 4.69) is 22.4 Å². The van der Waals surface area contributed by atoms with Gasteiger partial charge in [-0.3, -0.25) is 19.5 Å². The Bertz CT molecular complexity index is 1130. The standard InChI is InChI=1S/C19H24N6O2S2/c1-10-5-6-12-13(7-10)29-17-16(12)18(27)25(14(20-17)8-24(3)4)9-15(26)21-19-23-22-11(2)28-19/h10H,5-9H2,1-4H3,(H,21,23,26). The molecule has 0 aromatic carbocycles. The van der Waals surface area contributed by atoms with Gasteiger partial charge in [0.15, 0.2) is 0 Å². The average molecular weight is 433 g/mol. The van der Waals surface area contributed by atoms with E-state index in [0.29, 0.717) is 28.8 Å². The van der Waals surface area contributed by atoms with Crippen molar-refractivity contribution >= 4 is 43.9 Å². The van der Waals surface area contributed by atoms with Gasteiger partial charge in [0.25, 0.3) is 5.56 Å². The Kier molecular flexibility index (Phi) is 5.50. The van der Waals surface area contributed by atoms with Crippen LogP contribution in [0.3, 0.4) is 0 Å². The molecule has 1 N–H and O–H groups in total. The van der Waals surface area contributed by atoms with Crippen LogP contribution in [0.25, 0.3) is 10.2 Å². The van der Waals surface area contributed by atoms with Gasteiger partial charge in [-0.05, 0) is 51.8 Å². The molecule has 0 saturated carbocycles. The van der Waals surface area contributed by atoms with E-state index in [1.54, 1.807) is 11.3 Å². The van der Waals surface area contributed by atoms with E-state index in [-0.39, 0.29) is 18.0 Å². The molecule has 3 aromatic rings. The number of carbonyl (C=O) groups is 1. The number of anilines is 1. The molecule has 3 heterocycles. The van der Waals surface area contributed by atoms with Gasteiger partial charge in [0.2, 0.25) is 11.0 Å². The molecular formula is C19H24N6O2S2. The second kappa shape index (κ2) is 7.92. The molecule has 0 aliphatic heterocycles. The van der Waals surface area contributed by atoms with E-state index in [9.17, 15) is 9.59 Å². The van der Waals surface area contributed by atoms with Gasteiger partial charge in [-0.1, -0.05) is 18.3 Å². The predicted molar refractivity (Wildman–Crippen MR) is 116 cm³/mol. The molecular weight excluding hydrogens is 408 g/mol. The summed E-state index contributed by atoms with van der Waals surface area (Å²) in [5, 5.41) is 12.5. The molecule has 1 amide bonds. The zero-order valence-corrected chi connectivity index (χ0v) is 18.6. The van der Waals surface area contributed by atoms with Crippen molar-refractivity contribution in [2.75, 3.05) is 19.4 Å². The van der Waals surface area contributed by atoms with Crippen molar-refractivity contribution in [3.8, 4) is 0 Å². The predicted octanol–water partition coefficient (Wildman–Crippen LogP) is 2.44. The topological polar surface area (TPSA) is 93.0 Å². The van der Waals surface area contributed by atoms with Gasteiger partial charge in [-0.2, -0.15) is 0 Å². The number of aromatic nitrogens is 4. The highest BCUT2D eigenvalue weighted by molar-refractivity contribution is 7.18. The maximum atomic E-state index is 13.4. The first-order valence-electron chi connectivity index (χ1n) is 9.60. The number of hydrogen-bond acceptors (Lipinski definition) is 8. The molecule has 8 nitrogen and oxygen atoms in total. The Balaban J connectivity index is 1.75. The van der Waals surface area contributed by atoms with Crippen LogP contribution in [0.15, 0.2) is 4.79 Å². The molecule has 3 aromatic heterocycles. The molecule has 10 heteroatoms. The monoisotopic (exact) mass is 432 g/mol. The lowest BCUT2D eigenvalue weighted by Gasteiger charge is -2.18. The number of carbonyl (C=O) groups excluding carboxylic acids is 1. The summed E-state index contributed by atoms with van der Waals surface area (Å²) in [5.41, 5.74) is 1.01. The molecule has 1 atom stereocenters. The maximum Gasteiger partial charge on any atom is 0.263 e. The number of amides is 1. The summed E-state index contributed by atoms with van der Waals surface area (Å²) in [6.45, 7) is 4.46. The van der Waals surface area contributed by atoms with Crippen molar-refractivity contribution in [1.82, 2.24) is 24.6 Å². The second-order valence-electron chi connectivity index (χ2n) is 7.86. The average Bonchev–Trinajstić information content (AvgIpc) is 3.20. The highest BCUT2D eigenvalue weighted by Crippen LogP contribution is 2.35. The van der Waals surface area contributed by atoms with Crippen molar-refractivity contribution in [3.05, 3.63) is 31.6 Å². The van der Waals surface area contributed by atoms with Crippen LogP contribution in [0, 0.1) is 12.8 Å². The highest BCUT2D eigenvalue weighted by atomic mass is 32.1. The van der Waals surface area contributed by atoms with E-state index in [0.717, 1.165) is 34.7 Å². The van der Waals surface area contributed by atoms with Crippen LogP contribution in [0.4, 0.5) is 5.13 Å². The molecule has 1 aliphatic carbocycles. The third-order valence-electron chi connectivity index (χ3n) is 5.03. The molecule has 154 valence electrons. The van der Waals surface area contributed by atoms with Crippen LogP contribution in [0.2, 0.25) is 0 Å². The first kappa shape index (κ1) is 20.1. The molecule has 1 aliphatic rings. The molecule has 4 rings (SSSR count). The zero-order chi connectivity index (χ0) is 20.7. The van der Waals surface area contributed by atoms with Crippen LogP contribution in [-0.2, 0) is 30.7 Å². The van der Waals surface area contributed by atoms with Gasteiger partial charge in [0, 0.05) is 4.88 Å². The summed E-state index contributed by atoms with van der Waals surface area (Å²) in [4.78, 5) is 34.9. The zero-order valence-electron chi connectivity index (χ0n) is 17.0. The number of aryl methyl sites for hydroxylation is 2. The van der Waals surface area contributed by atoms with Gasteiger partial charge >= 0.3 is 0 Å². The minimum absolute atomic E-state index is 0.0927. The lowest BCUT2D eigenvalue weighted by Crippen LogP contribution is -2.33. The van der Waals surface area contributed by atoms with Crippen LogP contribution < -0.4 is 10.9 Å². The van der Waals surface area contributed by atoms with E-state index in [1.165, 1.54) is 20.8 Å². The Morgan fingerprint density at radius 1 is 1.31 bits per heavy atom. The molecule has 0 bridgehead atoms. The van der Waals surface area contributed by atoms with Crippen molar-refractivity contribution in [3.63, 3.8) is 0 Å². The number of nitrogens with one attached hydrogen (secondary N) is 1. The Morgan fingerprint density at radius 2 is 2.10 bits per heavy atom. The van der Waals surface area contributed by atoms with Gasteiger partial charge in [-0.25, -0.2) is 4.98 Å². The van der Waals surface area contributed by atoms with E-state index >= 15 is 0 Å². The van der Waals surface area contributed by atoms with Crippen molar-refractivity contribution in [2.24, 2.45) is 5.92 Å². The number of nitrogens with zero attached hydrogens (tertiary/aromatic N) is 5. The molecule has 0 fully saturated rings. The lowest BCUT2D eigenvalue weighted by molar-refractivity contribution is -0.116. The fourth-order valence-electron chi connectivity index (χ4n) is 3.68. The van der Waals surface area contributed by atoms with Gasteiger partial charge in [0.1, 0.15) is 22.2 Å². The van der Waals surface area contributed by atoms with Crippen molar-refractivity contribution in [2.45, 2.75) is 46.2 Å². The summed E-state index contributed by atoms with van der Waals surface area (Å²) < 4.78 is 1.51. The minimum atomic E-state index is -0.304. The maximum absolute atomic E-state index is 13.4. The van der Waals surface area contributed by atoms with Crippen LogP contribution in [0.5, 0.6) is 0 Å². The van der Waals surface area contributed by atoms with Crippen LogP contribution in [-0.4, -0.2) is 44.7 Å². The second-order valence-corrected chi connectivity index (χ2v) is 10.1. The Labute approximate surface area is 176 Å². The Hall–Kier alpha value is -2.17. The van der Waals surface area contributed by atoms with Gasteiger partial charge < -0.3 is 4.90 Å². The summed E-state index contributed by atoms with van der Waals surface area (Å²) in [6.07, 6.45) is 2.97. The van der Waals surface area contributed by atoms with Gasteiger partial charge in [0.05, 0.1) is 11.9 Å². The van der Waals surface area contributed by atoms with E-state index in [4.69, 9.17) is 4.98 Å². The third-order valence-corrected chi connectivity index (χ3v) is 6.93. The number of thiophene rings is 1. The highest BCUT2D eigenvalue weighted by Gasteiger charge is 2.25. The molecule has 0 spiro atoms. The fraction of sp³-hybridized carbons (Fsp3) is 0.526.